The molecule has 0 N–H and O–H groups in total. The number of fused-ring (bicyclic) bond motifs is 1. The Morgan fingerprint density at radius 3 is 3.10 bits per heavy atom. The maximum absolute atomic E-state index is 12.1. The van der Waals surface area contributed by atoms with Crippen LogP contribution in [-0.4, -0.2) is 27.4 Å². The second-order valence-corrected chi connectivity index (χ2v) is 6.56. The molecule has 106 valence electrons. The average Bonchev–Trinajstić information content (AvgIpc) is 2.40. The average molecular weight is 336 g/mol. The Hall–Kier alpha value is -1.20. The fraction of sp³-hybridized carbons (Fsp3) is 0.467. The monoisotopic (exact) mass is 335 g/mol. The largest absolute Gasteiger partial charge is 0.297 e. The third kappa shape index (κ3) is 2.94. The van der Waals surface area contributed by atoms with Crippen LogP contribution in [0, 0.1) is 5.92 Å². The summed E-state index contributed by atoms with van der Waals surface area (Å²) in [7, 11) is 0. The number of hydrogen-bond acceptors (Lipinski definition) is 3. The summed E-state index contributed by atoms with van der Waals surface area (Å²) in [6, 6.07) is 5.43. The van der Waals surface area contributed by atoms with E-state index in [0.29, 0.717) is 5.65 Å². The van der Waals surface area contributed by atoms with Crippen molar-refractivity contribution >= 4 is 21.6 Å². The Bertz CT molecular complexity index is 682. The third-order valence-corrected chi connectivity index (χ3v) is 4.27. The summed E-state index contributed by atoms with van der Waals surface area (Å²) in [5.74, 6) is 0.737. The van der Waals surface area contributed by atoms with E-state index in [1.807, 2.05) is 12.1 Å². The molecular formula is C15H18BrN3O. The van der Waals surface area contributed by atoms with Gasteiger partial charge in [0.2, 0.25) is 0 Å². The van der Waals surface area contributed by atoms with Crippen LogP contribution in [0.25, 0.3) is 5.65 Å². The van der Waals surface area contributed by atoms with Crippen molar-refractivity contribution in [2.75, 3.05) is 13.1 Å². The number of aromatic nitrogens is 2. The van der Waals surface area contributed by atoms with Crippen LogP contribution in [0.3, 0.4) is 0 Å². The molecule has 4 nitrogen and oxygen atoms in total. The Morgan fingerprint density at radius 1 is 1.45 bits per heavy atom. The molecule has 1 aliphatic heterocycles. The Morgan fingerprint density at radius 2 is 2.30 bits per heavy atom. The number of pyridine rings is 1. The van der Waals surface area contributed by atoms with Crippen LogP contribution in [0.4, 0.5) is 0 Å². The van der Waals surface area contributed by atoms with Crippen LogP contribution < -0.4 is 5.56 Å². The van der Waals surface area contributed by atoms with E-state index < -0.39 is 0 Å². The molecule has 3 heterocycles. The van der Waals surface area contributed by atoms with Gasteiger partial charge in [-0.3, -0.25) is 14.1 Å². The van der Waals surface area contributed by atoms with Crippen LogP contribution in [0.1, 0.15) is 25.5 Å². The highest BCUT2D eigenvalue weighted by Gasteiger charge is 2.17. The van der Waals surface area contributed by atoms with Crippen molar-refractivity contribution in [1.29, 1.82) is 0 Å². The molecule has 1 atom stereocenters. The van der Waals surface area contributed by atoms with Gasteiger partial charge in [-0.15, -0.1) is 0 Å². The fourth-order valence-corrected chi connectivity index (χ4v) is 3.20. The highest BCUT2D eigenvalue weighted by molar-refractivity contribution is 9.10. The standard InChI is InChI=1S/C15H18BrN3O/c1-11-3-2-6-18(8-11)10-13-7-15(20)19-9-12(16)4-5-14(19)17-13/h4-5,7,9,11H,2-3,6,8,10H2,1H3/t11-/m1/s1. The van der Waals surface area contributed by atoms with E-state index in [4.69, 9.17) is 0 Å². The first-order valence-electron chi connectivity index (χ1n) is 7.02. The first kappa shape index (κ1) is 13.8. The first-order valence-corrected chi connectivity index (χ1v) is 7.81. The number of nitrogens with zero attached hydrogens (tertiary/aromatic N) is 3. The number of piperidine rings is 1. The fourth-order valence-electron chi connectivity index (χ4n) is 2.87. The maximum Gasteiger partial charge on any atom is 0.258 e. The summed E-state index contributed by atoms with van der Waals surface area (Å²) in [6.45, 7) is 5.26. The molecule has 0 unspecified atom stereocenters. The van der Waals surface area contributed by atoms with Gasteiger partial charge in [0.15, 0.2) is 0 Å². The predicted octanol–water partition coefficient (Wildman–Crippen LogP) is 2.69. The lowest BCUT2D eigenvalue weighted by molar-refractivity contribution is 0.175. The van der Waals surface area contributed by atoms with Gasteiger partial charge >= 0.3 is 0 Å². The number of rotatable bonds is 2. The third-order valence-electron chi connectivity index (χ3n) is 3.80. The molecule has 1 saturated heterocycles. The lowest BCUT2D eigenvalue weighted by atomic mass is 10.0. The predicted molar refractivity (Wildman–Crippen MR) is 82.8 cm³/mol. The Balaban J connectivity index is 1.89. The zero-order chi connectivity index (χ0) is 14.1. The van der Waals surface area contributed by atoms with Crippen molar-refractivity contribution in [2.24, 2.45) is 5.92 Å². The van der Waals surface area contributed by atoms with Gasteiger partial charge in [-0.05, 0) is 53.4 Å². The van der Waals surface area contributed by atoms with Gasteiger partial charge in [0, 0.05) is 29.8 Å². The van der Waals surface area contributed by atoms with Crippen LogP contribution in [0.5, 0.6) is 0 Å². The van der Waals surface area contributed by atoms with Gasteiger partial charge in [0.05, 0.1) is 5.69 Å². The summed E-state index contributed by atoms with van der Waals surface area (Å²) in [4.78, 5) is 19.1. The van der Waals surface area contributed by atoms with Crippen molar-refractivity contribution in [3.63, 3.8) is 0 Å². The number of hydrogen-bond donors (Lipinski definition) is 0. The summed E-state index contributed by atoms with van der Waals surface area (Å²) in [6.07, 6.45) is 4.30. The van der Waals surface area contributed by atoms with E-state index in [0.717, 1.165) is 35.7 Å². The number of halogens is 1. The molecule has 2 aromatic rings. The van der Waals surface area contributed by atoms with Crippen molar-refractivity contribution in [3.05, 3.63) is 44.9 Å². The Kier molecular flexibility index (Phi) is 3.89. The van der Waals surface area contributed by atoms with Gasteiger partial charge in [0.25, 0.3) is 5.56 Å². The van der Waals surface area contributed by atoms with Gasteiger partial charge in [-0.2, -0.15) is 0 Å². The van der Waals surface area contributed by atoms with Gasteiger partial charge in [-0.1, -0.05) is 6.92 Å². The van der Waals surface area contributed by atoms with E-state index in [9.17, 15) is 4.79 Å². The van der Waals surface area contributed by atoms with Gasteiger partial charge in [-0.25, -0.2) is 4.98 Å². The molecule has 1 fully saturated rings. The zero-order valence-electron chi connectivity index (χ0n) is 11.6. The summed E-state index contributed by atoms with van der Waals surface area (Å²) in [5.41, 5.74) is 1.56. The van der Waals surface area contributed by atoms with E-state index in [1.165, 1.54) is 12.8 Å². The molecule has 2 aromatic heterocycles. The highest BCUT2D eigenvalue weighted by atomic mass is 79.9. The molecule has 20 heavy (non-hydrogen) atoms. The van der Waals surface area contributed by atoms with E-state index in [1.54, 1.807) is 16.7 Å². The normalized spacial score (nSPS) is 20.4. The van der Waals surface area contributed by atoms with Gasteiger partial charge in [0.1, 0.15) is 5.65 Å². The second-order valence-electron chi connectivity index (χ2n) is 5.64. The van der Waals surface area contributed by atoms with Crippen molar-refractivity contribution in [2.45, 2.75) is 26.3 Å². The molecule has 5 heteroatoms. The van der Waals surface area contributed by atoms with Crippen LogP contribution >= 0.6 is 15.9 Å². The topological polar surface area (TPSA) is 37.6 Å². The lowest BCUT2D eigenvalue weighted by Gasteiger charge is -2.30. The van der Waals surface area contributed by atoms with E-state index >= 15 is 0 Å². The second kappa shape index (κ2) is 5.66. The van der Waals surface area contributed by atoms with E-state index in [2.05, 4.69) is 32.7 Å². The van der Waals surface area contributed by atoms with Crippen LogP contribution in [0.15, 0.2) is 33.7 Å². The zero-order valence-corrected chi connectivity index (χ0v) is 13.1. The van der Waals surface area contributed by atoms with Crippen LogP contribution in [-0.2, 0) is 6.54 Å². The summed E-state index contributed by atoms with van der Waals surface area (Å²) < 4.78 is 2.46. The molecule has 0 saturated carbocycles. The van der Waals surface area contributed by atoms with E-state index in [-0.39, 0.29) is 5.56 Å². The maximum atomic E-state index is 12.1. The Labute approximate surface area is 126 Å². The van der Waals surface area contributed by atoms with Crippen molar-refractivity contribution in [1.82, 2.24) is 14.3 Å². The molecule has 0 spiro atoms. The highest BCUT2D eigenvalue weighted by Crippen LogP contribution is 2.17. The SMILES string of the molecule is C[C@@H]1CCCN(Cc2cc(=O)n3cc(Br)ccc3n2)C1. The molecule has 0 amide bonds. The molecule has 0 bridgehead atoms. The molecule has 0 aliphatic carbocycles. The molecule has 1 aliphatic rings. The van der Waals surface area contributed by atoms with Crippen molar-refractivity contribution < 1.29 is 0 Å². The molecule has 3 rings (SSSR count). The number of likely N-dealkylation sites (tertiary alicyclic amines) is 1. The first-order chi connectivity index (χ1) is 9.61. The summed E-state index contributed by atoms with van der Waals surface area (Å²) in [5, 5.41) is 0. The minimum Gasteiger partial charge on any atom is -0.297 e. The molecule has 0 radical (unpaired) electrons. The quantitative estimate of drug-likeness (QED) is 0.846. The van der Waals surface area contributed by atoms with Gasteiger partial charge < -0.3 is 0 Å². The minimum atomic E-state index is -0.0173. The van der Waals surface area contributed by atoms with Crippen LogP contribution in [0.2, 0.25) is 0 Å². The minimum absolute atomic E-state index is 0.0173. The van der Waals surface area contributed by atoms with Crippen molar-refractivity contribution in [3.8, 4) is 0 Å². The smallest absolute Gasteiger partial charge is 0.258 e. The molecule has 0 aromatic carbocycles. The molecular weight excluding hydrogens is 318 g/mol. The summed E-state index contributed by atoms with van der Waals surface area (Å²) >= 11 is 3.38. The lowest BCUT2D eigenvalue weighted by Crippen LogP contribution is -2.34.